The van der Waals surface area contributed by atoms with Gasteiger partial charge in [0.15, 0.2) is 0 Å². The molecular weight excluding hydrogens is 283 g/mol. The molecule has 1 aromatic heterocycles. The highest BCUT2D eigenvalue weighted by Crippen LogP contribution is 2.26. The number of hydrogen-bond donors (Lipinski definition) is 2. The number of thiophene rings is 1. The molecule has 1 aromatic carbocycles. The molecule has 0 radical (unpaired) electrons. The first kappa shape index (κ1) is 13.9. The maximum absolute atomic E-state index is 13.1. The summed E-state index contributed by atoms with van der Waals surface area (Å²) < 4.78 is 13.8. The first-order valence-corrected chi connectivity index (χ1v) is 6.96. The van der Waals surface area contributed by atoms with E-state index in [1.54, 1.807) is 12.1 Å². The van der Waals surface area contributed by atoms with Crippen LogP contribution in [0, 0.1) is 11.7 Å². The van der Waals surface area contributed by atoms with E-state index in [1.165, 1.54) is 23.5 Å². The quantitative estimate of drug-likeness (QED) is 0.853. The highest BCUT2D eigenvalue weighted by Gasteiger charge is 2.12. The molecule has 3 nitrogen and oxygen atoms in total. The van der Waals surface area contributed by atoms with Gasteiger partial charge in [-0.2, -0.15) is 0 Å². The van der Waals surface area contributed by atoms with Gasteiger partial charge in [0.2, 0.25) is 0 Å². The van der Waals surface area contributed by atoms with E-state index in [0.29, 0.717) is 16.4 Å². The number of thiocarbonyl (C=S) groups is 1. The molecule has 3 N–H and O–H groups in total. The zero-order valence-electron chi connectivity index (χ0n) is 10.3. The van der Waals surface area contributed by atoms with E-state index in [0.717, 1.165) is 10.1 Å². The molecule has 0 aliphatic carbocycles. The molecule has 0 fully saturated rings. The molecule has 0 aliphatic heterocycles. The van der Waals surface area contributed by atoms with Crippen LogP contribution in [0.1, 0.15) is 16.6 Å². The molecule has 1 amide bonds. The van der Waals surface area contributed by atoms with Gasteiger partial charge in [-0.05, 0) is 23.6 Å². The van der Waals surface area contributed by atoms with E-state index in [4.69, 9.17) is 18.0 Å². The summed E-state index contributed by atoms with van der Waals surface area (Å²) in [6.07, 6.45) is 0. The molecule has 2 aromatic rings. The summed E-state index contributed by atoms with van der Waals surface area (Å²) >= 11 is 6.10. The number of fused-ring (bicyclic) bond motifs is 1. The lowest BCUT2D eigenvalue weighted by atomic mass is 10.2. The summed E-state index contributed by atoms with van der Waals surface area (Å²) in [5, 5.41) is 3.63. The van der Waals surface area contributed by atoms with Crippen molar-refractivity contribution >= 4 is 44.5 Å². The van der Waals surface area contributed by atoms with Gasteiger partial charge >= 0.3 is 0 Å². The van der Waals surface area contributed by atoms with Crippen LogP contribution in [0.15, 0.2) is 24.3 Å². The predicted octanol–water partition coefficient (Wildman–Crippen LogP) is 2.69. The monoisotopic (exact) mass is 296 g/mol. The van der Waals surface area contributed by atoms with Crippen molar-refractivity contribution in [2.75, 3.05) is 6.54 Å². The molecule has 1 heterocycles. The Balaban J connectivity index is 2.11. The first-order valence-electron chi connectivity index (χ1n) is 5.74. The van der Waals surface area contributed by atoms with Crippen molar-refractivity contribution in [1.82, 2.24) is 5.32 Å². The Labute approximate surface area is 119 Å². The van der Waals surface area contributed by atoms with Crippen LogP contribution in [0.25, 0.3) is 10.1 Å². The van der Waals surface area contributed by atoms with Gasteiger partial charge in [0.05, 0.1) is 9.87 Å². The van der Waals surface area contributed by atoms with Crippen molar-refractivity contribution in [2.45, 2.75) is 6.92 Å². The molecule has 6 heteroatoms. The van der Waals surface area contributed by atoms with Gasteiger partial charge in [-0.1, -0.05) is 25.2 Å². The third-order valence-corrected chi connectivity index (χ3v) is 4.26. The van der Waals surface area contributed by atoms with Crippen molar-refractivity contribution in [2.24, 2.45) is 11.7 Å². The molecule has 0 bridgehead atoms. The zero-order chi connectivity index (χ0) is 14.0. The lowest BCUT2D eigenvalue weighted by Crippen LogP contribution is -2.33. The number of hydrogen-bond acceptors (Lipinski definition) is 3. The van der Waals surface area contributed by atoms with Crippen LogP contribution in [-0.4, -0.2) is 17.4 Å². The van der Waals surface area contributed by atoms with Gasteiger partial charge in [-0.15, -0.1) is 11.3 Å². The number of nitrogens with two attached hydrogens (primary N) is 1. The second-order valence-corrected chi connectivity index (χ2v) is 5.86. The topological polar surface area (TPSA) is 55.1 Å². The molecule has 1 atom stereocenters. The average Bonchev–Trinajstić information content (AvgIpc) is 2.78. The van der Waals surface area contributed by atoms with Gasteiger partial charge in [0.25, 0.3) is 5.91 Å². The summed E-state index contributed by atoms with van der Waals surface area (Å²) in [5.74, 6) is -0.543. The number of nitrogens with one attached hydrogen (secondary N) is 1. The van der Waals surface area contributed by atoms with E-state index >= 15 is 0 Å². The van der Waals surface area contributed by atoms with Gasteiger partial charge in [0, 0.05) is 17.2 Å². The van der Waals surface area contributed by atoms with Gasteiger partial charge < -0.3 is 11.1 Å². The van der Waals surface area contributed by atoms with Crippen LogP contribution < -0.4 is 11.1 Å². The van der Waals surface area contributed by atoms with Crippen molar-refractivity contribution < 1.29 is 9.18 Å². The number of halogens is 1. The lowest BCUT2D eigenvalue weighted by Gasteiger charge is -2.09. The normalized spacial score (nSPS) is 12.3. The van der Waals surface area contributed by atoms with E-state index < -0.39 is 0 Å². The molecule has 100 valence electrons. The zero-order valence-corrected chi connectivity index (χ0v) is 11.9. The third-order valence-electron chi connectivity index (χ3n) is 2.76. The summed E-state index contributed by atoms with van der Waals surface area (Å²) in [4.78, 5) is 12.9. The fraction of sp³-hybridized carbons (Fsp3) is 0.231. The summed E-state index contributed by atoms with van der Waals surface area (Å²) in [6, 6.07) is 6.22. The second-order valence-electron chi connectivity index (χ2n) is 4.31. The Kier molecular flexibility index (Phi) is 4.11. The highest BCUT2D eigenvalue weighted by atomic mass is 32.1. The van der Waals surface area contributed by atoms with Crippen LogP contribution in [0.2, 0.25) is 0 Å². The smallest absolute Gasteiger partial charge is 0.261 e. The van der Waals surface area contributed by atoms with Gasteiger partial charge in [0.1, 0.15) is 5.82 Å². The van der Waals surface area contributed by atoms with Crippen molar-refractivity contribution in [3.05, 3.63) is 35.0 Å². The standard InChI is InChI=1S/C13H13FN2OS2/c1-7(12(15)18)6-16-13(17)11-4-8-2-3-9(14)5-10(8)19-11/h2-5,7H,6H2,1H3,(H2,15,18)(H,16,17). The Bertz CT molecular complexity index is 639. The van der Waals surface area contributed by atoms with Crippen LogP contribution >= 0.6 is 23.6 Å². The second kappa shape index (κ2) is 5.63. The molecule has 1 unspecified atom stereocenters. The minimum Gasteiger partial charge on any atom is -0.393 e. The third kappa shape index (κ3) is 3.27. The highest BCUT2D eigenvalue weighted by molar-refractivity contribution is 7.80. The number of rotatable bonds is 4. The number of benzene rings is 1. The molecule has 19 heavy (non-hydrogen) atoms. The predicted molar refractivity (Wildman–Crippen MR) is 80.1 cm³/mol. The Morgan fingerprint density at radius 3 is 2.95 bits per heavy atom. The minimum atomic E-state index is -0.302. The van der Waals surface area contributed by atoms with E-state index in [-0.39, 0.29) is 17.6 Å². The maximum atomic E-state index is 13.1. The summed E-state index contributed by atoms with van der Waals surface area (Å²) in [7, 11) is 0. The fourth-order valence-electron chi connectivity index (χ4n) is 1.55. The van der Waals surface area contributed by atoms with Crippen LogP contribution in [-0.2, 0) is 0 Å². The fourth-order valence-corrected chi connectivity index (χ4v) is 2.64. The minimum absolute atomic E-state index is 0.0502. The van der Waals surface area contributed by atoms with Crippen molar-refractivity contribution in [3.8, 4) is 0 Å². The SMILES string of the molecule is CC(CNC(=O)c1cc2ccc(F)cc2s1)C(N)=S. The van der Waals surface area contributed by atoms with Crippen molar-refractivity contribution in [1.29, 1.82) is 0 Å². The number of amides is 1. The van der Waals surface area contributed by atoms with E-state index in [2.05, 4.69) is 5.32 Å². The molecule has 0 saturated carbocycles. The number of carbonyl (C=O) groups is 1. The molecular formula is C13H13FN2OS2. The molecule has 0 saturated heterocycles. The van der Waals surface area contributed by atoms with E-state index in [1.807, 2.05) is 6.92 Å². The average molecular weight is 296 g/mol. The van der Waals surface area contributed by atoms with Gasteiger partial charge in [-0.3, -0.25) is 4.79 Å². The van der Waals surface area contributed by atoms with Crippen molar-refractivity contribution in [3.63, 3.8) is 0 Å². The Hall–Kier alpha value is -1.53. The lowest BCUT2D eigenvalue weighted by molar-refractivity contribution is 0.0955. The van der Waals surface area contributed by atoms with Crippen LogP contribution in [0.5, 0.6) is 0 Å². The maximum Gasteiger partial charge on any atom is 0.261 e. The molecule has 0 spiro atoms. The van der Waals surface area contributed by atoms with Crippen LogP contribution in [0.4, 0.5) is 4.39 Å². The Morgan fingerprint density at radius 1 is 1.53 bits per heavy atom. The first-order chi connectivity index (χ1) is 8.97. The molecule has 2 rings (SSSR count). The summed E-state index contributed by atoms with van der Waals surface area (Å²) in [5.41, 5.74) is 5.48. The summed E-state index contributed by atoms with van der Waals surface area (Å²) in [6.45, 7) is 2.25. The molecule has 0 aliphatic rings. The van der Waals surface area contributed by atoms with Crippen LogP contribution in [0.3, 0.4) is 0 Å². The van der Waals surface area contributed by atoms with Gasteiger partial charge in [-0.25, -0.2) is 4.39 Å². The Morgan fingerprint density at radius 2 is 2.26 bits per heavy atom. The number of carbonyl (C=O) groups excluding carboxylic acids is 1. The largest absolute Gasteiger partial charge is 0.393 e. The van der Waals surface area contributed by atoms with E-state index in [9.17, 15) is 9.18 Å².